The third-order valence-corrected chi connectivity index (χ3v) is 3.46. The second kappa shape index (κ2) is 6.80. The van der Waals surface area contributed by atoms with Gasteiger partial charge < -0.3 is 10.4 Å². The molecule has 0 aliphatic carbocycles. The van der Waals surface area contributed by atoms with Gasteiger partial charge in [-0.1, -0.05) is 24.3 Å². The molecule has 1 aliphatic rings. The summed E-state index contributed by atoms with van der Waals surface area (Å²) in [5.74, 6) is 0.480. The lowest BCUT2D eigenvalue weighted by molar-refractivity contribution is 0.102. The first kappa shape index (κ1) is 14.9. The van der Waals surface area contributed by atoms with Crippen LogP contribution in [0.25, 0.3) is 0 Å². The van der Waals surface area contributed by atoms with Crippen LogP contribution in [-0.4, -0.2) is 16.8 Å². The molecule has 0 aromatic heterocycles. The Balaban J connectivity index is 1.59. The molecule has 1 amide bonds. The summed E-state index contributed by atoms with van der Waals surface area (Å²) in [7, 11) is 0. The van der Waals surface area contributed by atoms with Crippen LogP contribution in [0.1, 0.15) is 22.3 Å². The molecule has 23 heavy (non-hydrogen) atoms. The molecule has 7 nitrogen and oxygen atoms in total. The summed E-state index contributed by atoms with van der Waals surface area (Å²) in [6.07, 6.45) is 1.62. The van der Waals surface area contributed by atoms with Gasteiger partial charge in [0.25, 0.3) is 5.91 Å². The standard InChI is InChI=1S/C16H17N5O2/c22-14-4-2-1-3-13(14)16(23)17-12-8-5-11(6-9-12)7-10-15-18-20-21-19-15/h1-6,8-9,20-22H,7,10H2,(H,17,23)(H,18,19). The van der Waals surface area contributed by atoms with E-state index in [2.05, 4.69) is 26.9 Å². The van der Waals surface area contributed by atoms with Crippen molar-refractivity contribution in [3.8, 4) is 5.75 Å². The van der Waals surface area contributed by atoms with Crippen molar-refractivity contribution in [1.82, 2.24) is 16.5 Å². The smallest absolute Gasteiger partial charge is 0.259 e. The van der Waals surface area contributed by atoms with Crippen LogP contribution in [0.15, 0.2) is 53.6 Å². The zero-order valence-electron chi connectivity index (χ0n) is 12.3. The second-order valence-electron chi connectivity index (χ2n) is 5.09. The van der Waals surface area contributed by atoms with E-state index in [9.17, 15) is 9.90 Å². The maximum absolute atomic E-state index is 12.1. The summed E-state index contributed by atoms with van der Waals surface area (Å²) >= 11 is 0. The molecule has 0 fully saturated rings. The molecule has 1 aliphatic heterocycles. The molecule has 1 heterocycles. The van der Waals surface area contributed by atoms with Crippen molar-refractivity contribution in [2.45, 2.75) is 12.8 Å². The van der Waals surface area contributed by atoms with Crippen LogP contribution >= 0.6 is 0 Å². The SMILES string of the molecule is O=C(Nc1ccc(CCC2=NNNN2)cc1)c1ccccc1O. The van der Waals surface area contributed by atoms with Crippen LogP contribution in [-0.2, 0) is 6.42 Å². The van der Waals surface area contributed by atoms with E-state index in [0.29, 0.717) is 5.69 Å². The largest absolute Gasteiger partial charge is 0.507 e. The lowest BCUT2D eigenvalue weighted by atomic mass is 10.1. The number of hydrogen-bond acceptors (Lipinski definition) is 6. The fraction of sp³-hybridized carbons (Fsp3) is 0.125. The molecule has 0 saturated heterocycles. The molecule has 2 aromatic rings. The normalized spacial score (nSPS) is 13.0. The Morgan fingerprint density at radius 1 is 1.09 bits per heavy atom. The van der Waals surface area contributed by atoms with Crippen LogP contribution in [0.5, 0.6) is 5.75 Å². The third kappa shape index (κ3) is 3.78. The number of carbonyl (C=O) groups is 1. The summed E-state index contributed by atoms with van der Waals surface area (Å²) < 4.78 is 0. The molecule has 2 aromatic carbocycles. The van der Waals surface area contributed by atoms with Gasteiger partial charge in [-0.05, 0) is 36.2 Å². The molecule has 0 spiro atoms. The maximum Gasteiger partial charge on any atom is 0.259 e. The van der Waals surface area contributed by atoms with Gasteiger partial charge in [-0.2, -0.15) is 0 Å². The van der Waals surface area contributed by atoms with Crippen molar-refractivity contribution in [2.24, 2.45) is 5.10 Å². The number of amides is 1. The van der Waals surface area contributed by atoms with E-state index in [-0.39, 0.29) is 17.2 Å². The molecule has 5 N–H and O–H groups in total. The molecular weight excluding hydrogens is 294 g/mol. The summed E-state index contributed by atoms with van der Waals surface area (Å²) in [5.41, 5.74) is 10.3. The number of aryl methyl sites for hydroxylation is 1. The van der Waals surface area contributed by atoms with Crippen LogP contribution in [0, 0.1) is 0 Å². The van der Waals surface area contributed by atoms with E-state index in [0.717, 1.165) is 24.2 Å². The Labute approximate surface area is 133 Å². The third-order valence-electron chi connectivity index (χ3n) is 3.46. The Morgan fingerprint density at radius 3 is 2.57 bits per heavy atom. The minimum absolute atomic E-state index is 0.0336. The number of rotatable bonds is 5. The highest BCUT2D eigenvalue weighted by atomic mass is 16.3. The fourth-order valence-corrected chi connectivity index (χ4v) is 2.22. The molecule has 0 saturated carbocycles. The van der Waals surface area contributed by atoms with Crippen molar-refractivity contribution in [1.29, 1.82) is 0 Å². The van der Waals surface area contributed by atoms with Gasteiger partial charge in [0.05, 0.1) is 5.56 Å². The van der Waals surface area contributed by atoms with Gasteiger partial charge in [-0.15, -0.1) is 10.6 Å². The van der Waals surface area contributed by atoms with E-state index in [1.807, 2.05) is 24.3 Å². The minimum Gasteiger partial charge on any atom is -0.507 e. The number of hydrogen-bond donors (Lipinski definition) is 5. The highest BCUT2D eigenvalue weighted by molar-refractivity contribution is 6.06. The molecular formula is C16H17N5O2. The Bertz CT molecular complexity index is 728. The van der Waals surface area contributed by atoms with Gasteiger partial charge in [0.2, 0.25) is 0 Å². The van der Waals surface area contributed by atoms with E-state index in [1.165, 1.54) is 6.07 Å². The topological polar surface area (TPSA) is 97.8 Å². The predicted octanol–water partition coefficient (Wildman–Crippen LogP) is 1.50. The number of phenols is 1. The van der Waals surface area contributed by atoms with Gasteiger partial charge >= 0.3 is 0 Å². The van der Waals surface area contributed by atoms with E-state index < -0.39 is 0 Å². The fourth-order valence-electron chi connectivity index (χ4n) is 2.22. The highest BCUT2D eigenvalue weighted by Gasteiger charge is 2.10. The first-order chi connectivity index (χ1) is 11.2. The van der Waals surface area contributed by atoms with Crippen LogP contribution in [0.4, 0.5) is 5.69 Å². The number of aromatic hydroxyl groups is 1. The zero-order valence-corrected chi connectivity index (χ0v) is 12.3. The second-order valence-corrected chi connectivity index (χ2v) is 5.09. The van der Waals surface area contributed by atoms with Gasteiger partial charge in [0, 0.05) is 12.1 Å². The lowest BCUT2D eigenvalue weighted by Crippen LogP contribution is -2.35. The highest BCUT2D eigenvalue weighted by Crippen LogP contribution is 2.18. The van der Waals surface area contributed by atoms with Crippen molar-refractivity contribution in [3.63, 3.8) is 0 Å². The van der Waals surface area contributed by atoms with Crippen molar-refractivity contribution in [3.05, 3.63) is 59.7 Å². The Morgan fingerprint density at radius 2 is 1.87 bits per heavy atom. The molecule has 7 heteroatoms. The number of carbonyl (C=O) groups excluding carboxylic acids is 1. The predicted molar refractivity (Wildman–Crippen MR) is 87.7 cm³/mol. The first-order valence-corrected chi connectivity index (χ1v) is 7.23. The number of nitrogens with zero attached hydrogens (tertiary/aromatic N) is 1. The number of phenolic OH excluding ortho intramolecular Hbond substituents is 1. The monoisotopic (exact) mass is 311 g/mol. The number of amidine groups is 1. The maximum atomic E-state index is 12.1. The van der Waals surface area contributed by atoms with E-state index in [4.69, 9.17) is 0 Å². The zero-order chi connectivity index (χ0) is 16.1. The van der Waals surface area contributed by atoms with Crippen LogP contribution < -0.4 is 21.8 Å². The summed E-state index contributed by atoms with van der Waals surface area (Å²) in [5, 5.41) is 16.5. The van der Waals surface area contributed by atoms with Gasteiger partial charge in [0.15, 0.2) is 0 Å². The van der Waals surface area contributed by atoms with Crippen LogP contribution in [0.3, 0.4) is 0 Å². The number of hydrazone groups is 1. The quantitative estimate of drug-likeness (QED) is 0.576. The van der Waals surface area contributed by atoms with Gasteiger partial charge in [-0.25, -0.2) is 5.53 Å². The number of benzene rings is 2. The average molecular weight is 311 g/mol. The van der Waals surface area contributed by atoms with E-state index >= 15 is 0 Å². The molecule has 118 valence electrons. The number of anilines is 1. The summed E-state index contributed by atoms with van der Waals surface area (Å²) in [6, 6.07) is 14.0. The molecule has 0 radical (unpaired) electrons. The van der Waals surface area contributed by atoms with Gasteiger partial charge in [-0.3, -0.25) is 10.2 Å². The van der Waals surface area contributed by atoms with Crippen LogP contribution in [0.2, 0.25) is 0 Å². The van der Waals surface area contributed by atoms with Crippen molar-refractivity contribution in [2.75, 3.05) is 5.32 Å². The average Bonchev–Trinajstić information content (AvgIpc) is 3.08. The van der Waals surface area contributed by atoms with Crippen molar-refractivity contribution >= 4 is 17.4 Å². The molecule has 0 unspecified atom stereocenters. The summed E-state index contributed by atoms with van der Waals surface area (Å²) in [4.78, 5) is 12.1. The first-order valence-electron chi connectivity index (χ1n) is 7.23. The number of para-hydroxylation sites is 1. The van der Waals surface area contributed by atoms with E-state index in [1.54, 1.807) is 18.2 Å². The lowest BCUT2D eigenvalue weighted by Gasteiger charge is -2.08. The molecule has 3 rings (SSSR count). The number of nitrogens with one attached hydrogen (secondary N) is 4. The van der Waals surface area contributed by atoms with Crippen molar-refractivity contribution < 1.29 is 9.90 Å². The minimum atomic E-state index is -0.336. The molecule has 0 bridgehead atoms. The molecule has 0 atom stereocenters. The summed E-state index contributed by atoms with van der Waals surface area (Å²) in [6.45, 7) is 0. The Hall–Kier alpha value is -3.06. The Kier molecular flexibility index (Phi) is 4.39. The van der Waals surface area contributed by atoms with Gasteiger partial charge in [0.1, 0.15) is 11.6 Å². The number of hydrazine groups is 2.